The normalized spacial score (nSPS) is 10.2. The first-order valence-corrected chi connectivity index (χ1v) is 3.83. The molecule has 2 aromatic rings. The Morgan fingerprint density at radius 3 is 2.92 bits per heavy atom. The number of carboxylic acids is 1. The van der Waals surface area contributed by atoms with E-state index in [0.29, 0.717) is 5.52 Å². The molecule has 0 N–H and O–H groups in total. The second kappa shape index (κ2) is 2.86. The van der Waals surface area contributed by atoms with Gasteiger partial charge >= 0.3 is 0 Å². The number of aromatic nitrogens is 1. The maximum Gasteiger partial charge on any atom is 0.0716 e. The van der Waals surface area contributed by atoms with E-state index in [0.717, 1.165) is 5.39 Å². The standard InChI is InChI=1S/C10H7NO2/c12-10(13)8-4-3-7-2-1-5-11-9(7)6-8/h1-6H,(H,12,13)/p-1. The molecule has 0 radical (unpaired) electrons. The third kappa shape index (κ3) is 1.36. The van der Waals surface area contributed by atoms with Crippen LogP contribution in [0, 0.1) is 0 Å². The SMILES string of the molecule is O=C([O-])c1ccc2cccnc2c1. The highest BCUT2D eigenvalue weighted by Gasteiger charge is 1.96. The molecule has 13 heavy (non-hydrogen) atoms. The Labute approximate surface area is 74.7 Å². The third-order valence-electron chi connectivity index (χ3n) is 1.84. The molecule has 2 rings (SSSR count). The van der Waals surface area contributed by atoms with Crippen molar-refractivity contribution in [2.24, 2.45) is 0 Å². The Balaban J connectivity index is 2.69. The van der Waals surface area contributed by atoms with Crippen molar-refractivity contribution in [1.82, 2.24) is 4.98 Å². The average molecular weight is 172 g/mol. The van der Waals surface area contributed by atoms with Crippen LogP contribution in [-0.4, -0.2) is 11.0 Å². The number of benzene rings is 1. The summed E-state index contributed by atoms with van der Waals surface area (Å²) in [5, 5.41) is 11.4. The van der Waals surface area contributed by atoms with Gasteiger partial charge in [-0.25, -0.2) is 0 Å². The van der Waals surface area contributed by atoms with Crippen LogP contribution in [0.15, 0.2) is 36.5 Å². The number of hydrogen-bond donors (Lipinski definition) is 0. The lowest BCUT2D eigenvalue weighted by atomic mass is 10.1. The Kier molecular flexibility index (Phi) is 1.70. The summed E-state index contributed by atoms with van der Waals surface area (Å²) in [6.45, 7) is 0. The Hall–Kier alpha value is -1.90. The molecule has 0 amide bonds. The molecule has 0 unspecified atom stereocenters. The highest BCUT2D eigenvalue weighted by atomic mass is 16.4. The van der Waals surface area contributed by atoms with Crippen LogP contribution in [-0.2, 0) is 0 Å². The van der Waals surface area contributed by atoms with Crippen molar-refractivity contribution in [3.05, 3.63) is 42.1 Å². The minimum atomic E-state index is -1.17. The van der Waals surface area contributed by atoms with Crippen molar-refractivity contribution >= 4 is 16.9 Å². The largest absolute Gasteiger partial charge is 0.545 e. The zero-order valence-corrected chi connectivity index (χ0v) is 6.73. The van der Waals surface area contributed by atoms with Gasteiger partial charge in [0.05, 0.1) is 11.5 Å². The molecule has 0 aliphatic rings. The summed E-state index contributed by atoms with van der Waals surface area (Å²) in [5.41, 5.74) is 0.829. The molecule has 0 bridgehead atoms. The van der Waals surface area contributed by atoms with Crippen LogP contribution in [0.4, 0.5) is 0 Å². The predicted octanol–water partition coefficient (Wildman–Crippen LogP) is 0.598. The summed E-state index contributed by atoms with van der Waals surface area (Å²) in [6, 6.07) is 8.42. The maximum absolute atomic E-state index is 10.5. The van der Waals surface area contributed by atoms with Crippen LogP contribution in [0.25, 0.3) is 10.9 Å². The van der Waals surface area contributed by atoms with Crippen molar-refractivity contribution in [2.75, 3.05) is 0 Å². The van der Waals surface area contributed by atoms with Crippen LogP contribution < -0.4 is 5.11 Å². The Morgan fingerprint density at radius 1 is 1.31 bits per heavy atom. The first kappa shape index (κ1) is 7.73. The van der Waals surface area contributed by atoms with Gasteiger partial charge in [-0.3, -0.25) is 4.98 Å². The van der Waals surface area contributed by atoms with E-state index in [1.807, 2.05) is 6.07 Å². The van der Waals surface area contributed by atoms with Crippen LogP contribution in [0.2, 0.25) is 0 Å². The summed E-state index contributed by atoms with van der Waals surface area (Å²) in [4.78, 5) is 14.5. The molecule has 1 heterocycles. The van der Waals surface area contributed by atoms with Gasteiger partial charge in [-0.15, -0.1) is 0 Å². The number of hydrogen-bond acceptors (Lipinski definition) is 3. The number of carboxylic acid groups (broad SMARTS) is 1. The van der Waals surface area contributed by atoms with E-state index in [4.69, 9.17) is 0 Å². The Morgan fingerprint density at radius 2 is 2.15 bits per heavy atom. The van der Waals surface area contributed by atoms with Crippen LogP contribution >= 0.6 is 0 Å². The van der Waals surface area contributed by atoms with E-state index >= 15 is 0 Å². The zero-order valence-electron chi connectivity index (χ0n) is 6.73. The number of aromatic carboxylic acids is 1. The van der Waals surface area contributed by atoms with Gasteiger partial charge in [0, 0.05) is 11.6 Å². The smallest absolute Gasteiger partial charge is 0.0716 e. The molecule has 3 heteroatoms. The molecule has 64 valence electrons. The van der Waals surface area contributed by atoms with Gasteiger partial charge in [0.25, 0.3) is 0 Å². The highest BCUT2D eigenvalue weighted by molar-refractivity contribution is 5.91. The maximum atomic E-state index is 10.5. The van der Waals surface area contributed by atoms with Crippen molar-refractivity contribution in [3.8, 4) is 0 Å². The lowest BCUT2D eigenvalue weighted by Gasteiger charge is -2.02. The summed E-state index contributed by atoms with van der Waals surface area (Å²) in [5.74, 6) is -1.17. The molecule has 3 nitrogen and oxygen atoms in total. The number of rotatable bonds is 1. The minimum absolute atomic E-state index is 0.159. The van der Waals surface area contributed by atoms with Gasteiger partial charge < -0.3 is 9.90 Å². The molecule has 0 spiro atoms. The van der Waals surface area contributed by atoms with Gasteiger partial charge in [0.1, 0.15) is 0 Å². The summed E-state index contributed by atoms with van der Waals surface area (Å²) >= 11 is 0. The minimum Gasteiger partial charge on any atom is -0.545 e. The second-order valence-electron chi connectivity index (χ2n) is 2.70. The fourth-order valence-corrected chi connectivity index (χ4v) is 1.19. The first-order chi connectivity index (χ1) is 6.27. The summed E-state index contributed by atoms with van der Waals surface area (Å²) in [6.07, 6.45) is 1.63. The fourth-order valence-electron chi connectivity index (χ4n) is 1.19. The van der Waals surface area contributed by atoms with E-state index in [2.05, 4.69) is 4.98 Å². The van der Waals surface area contributed by atoms with Gasteiger partial charge in [-0.2, -0.15) is 0 Å². The highest BCUT2D eigenvalue weighted by Crippen LogP contribution is 2.12. The van der Waals surface area contributed by atoms with Gasteiger partial charge in [-0.1, -0.05) is 18.2 Å². The summed E-state index contributed by atoms with van der Waals surface area (Å²) < 4.78 is 0. The number of carbonyl (C=O) groups is 1. The second-order valence-corrected chi connectivity index (χ2v) is 2.70. The zero-order chi connectivity index (χ0) is 9.26. The monoisotopic (exact) mass is 172 g/mol. The molecular weight excluding hydrogens is 166 g/mol. The first-order valence-electron chi connectivity index (χ1n) is 3.83. The third-order valence-corrected chi connectivity index (χ3v) is 1.84. The van der Waals surface area contributed by atoms with E-state index < -0.39 is 5.97 Å². The van der Waals surface area contributed by atoms with Gasteiger partial charge in [0.2, 0.25) is 0 Å². The molecule has 1 aromatic heterocycles. The van der Waals surface area contributed by atoms with E-state index in [1.54, 1.807) is 18.3 Å². The van der Waals surface area contributed by atoms with Gasteiger partial charge in [-0.05, 0) is 17.7 Å². The van der Waals surface area contributed by atoms with Crippen molar-refractivity contribution in [2.45, 2.75) is 0 Å². The topological polar surface area (TPSA) is 53.0 Å². The van der Waals surface area contributed by atoms with Crippen LogP contribution in [0.3, 0.4) is 0 Å². The number of pyridine rings is 1. The number of carbonyl (C=O) groups excluding carboxylic acids is 1. The molecule has 0 saturated heterocycles. The molecule has 0 fully saturated rings. The van der Waals surface area contributed by atoms with E-state index in [1.165, 1.54) is 12.1 Å². The van der Waals surface area contributed by atoms with E-state index in [-0.39, 0.29) is 5.56 Å². The lowest BCUT2D eigenvalue weighted by molar-refractivity contribution is -0.255. The van der Waals surface area contributed by atoms with Crippen molar-refractivity contribution < 1.29 is 9.90 Å². The molecule has 0 atom stereocenters. The molecule has 0 saturated carbocycles. The number of nitrogens with zero attached hydrogens (tertiary/aromatic N) is 1. The van der Waals surface area contributed by atoms with Crippen LogP contribution in [0.5, 0.6) is 0 Å². The molecule has 0 aliphatic carbocycles. The lowest BCUT2D eigenvalue weighted by Crippen LogP contribution is -2.21. The average Bonchev–Trinajstić information content (AvgIpc) is 2.17. The fraction of sp³-hybridized carbons (Fsp3) is 0. The Bertz CT molecular complexity index is 465. The van der Waals surface area contributed by atoms with Gasteiger partial charge in [0.15, 0.2) is 0 Å². The van der Waals surface area contributed by atoms with Crippen molar-refractivity contribution in [1.29, 1.82) is 0 Å². The molecule has 1 aromatic carbocycles. The molecule has 0 aliphatic heterocycles. The predicted molar refractivity (Wildman–Crippen MR) is 46.1 cm³/mol. The van der Waals surface area contributed by atoms with Crippen LogP contribution in [0.1, 0.15) is 10.4 Å². The summed E-state index contributed by atoms with van der Waals surface area (Å²) in [7, 11) is 0. The van der Waals surface area contributed by atoms with E-state index in [9.17, 15) is 9.90 Å². The quantitative estimate of drug-likeness (QED) is 0.632. The molecular formula is C10H6NO2-. The number of fused-ring (bicyclic) bond motifs is 1. The van der Waals surface area contributed by atoms with Crippen molar-refractivity contribution in [3.63, 3.8) is 0 Å².